The monoisotopic (exact) mass is 315 g/mol. The van der Waals surface area contributed by atoms with Gasteiger partial charge in [0.25, 0.3) is 5.91 Å². The molecular weight excluding hydrogens is 297 g/mol. The van der Waals surface area contributed by atoms with E-state index >= 15 is 0 Å². The second-order valence-corrected chi connectivity index (χ2v) is 5.78. The Kier molecular flexibility index (Phi) is 5.55. The molecule has 0 unspecified atom stereocenters. The summed E-state index contributed by atoms with van der Waals surface area (Å²) < 4.78 is 5.28. The van der Waals surface area contributed by atoms with E-state index in [-0.39, 0.29) is 5.91 Å². The Balaban J connectivity index is 2.23. The summed E-state index contributed by atoms with van der Waals surface area (Å²) in [5.41, 5.74) is 0.529. The van der Waals surface area contributed by atoms with Gasteiger partial charge in [0.15, 0.2) is 0 Å². The van der Waals surface area contributed by atoms with Crippen LogP contribution in [-0.2, 0) is 0 Å². The number of carbonyl (C=O) groups excluding carboxylic acids is 1. The summed E-state index contributed by atoms with van der Waals surface area (Å²) in [7, 11) is 1.56. The average Bonchev–Trinajstić information content (AvgIpc) is 2.40. The molecule has 0 aromatic heterocycles. The Morgan fingerprint density at radius 3 is 2.75 bits per heavy atom. The van der Waals surface area contributed by atoms with Gasteiger partial charge in [-0.25, -0.2) is 0 Å². The van der Waals surface area contributed by atoms with Gasteiger partial charge in [0.05, 0.1) is 12.7 Å². The highest BCUT2D eigenvalue weighted by atomic mass is 35.5. The van der Waals surface area contributed by atoms with Crippen LogP contribution >= 0.6 is 23.2 Å². The minimum absolute atomic E-state index is 0.0147. The molecular formula is C15H19Cl2NO2. The van der Waals surface area contributed by atoms with E-state index in [9.17, 15) is 4.79 Å². The zero-order valence-corrected chi connectivity index (χ0v) is 13.1. The fourth-order valence-electron chi connectivity index (χ4n) is 2.38. The first-order valence-electron chi connectivity index (χ1n) is 6.88. The molecule has 0 radical (unpaired) electrons. The number of carbonyl (C=O) groups is 1. The third-order valence-electron chi connectivity index (χ3n) is 3.70. The van der Waals surface area contributed by atoms with Crippen LogP contribution < -0.4 is 4.74 Å². The highest BCUT2D eigenvalue weighted by Gasteiger charge is 2.30. The molecule has 5 heteroatoms. The number of hydrogen-bond donors (Lipinski definition) is 0. The Labute approximate surface area is 129 Å². The van der Waals surface area contributed by atoms with E-state index in [4.69, 9.17) is 27.9 Å². The maximum absolute atomic E-state index is 12.8. The average molecular weight is 316 g/mol. The molecule has 1 aromatic carbocycles. The number of ether oxygens (including phenoxy) is 1. The molecule has 1 amide bonds. The standard InChI is InChI=1S/C15H19Cl2NO2/c1-20-14-7-6-11(17)10-13(14)15(19)18(9-3-8-16)12-4-2-5-12/h6-7,10,12H,2-5,8-9H2,1H3. The molecule has 110 valence electrons. The molecule has 0 saturated heterocycles. The van der Waals surface area contributed by atoms with Crippen molar-refractivity contribution in [3.05, 3.63) is 28.8 Å². The zero-order valence-electron chi connectivity index (χ0n) is 11.6. The quantitative estimate of drug-likeness (QED) is 0.743. The van der Waals surface area contributed by atoms with Crippen molar-refractivity contribution in [2.45, 2.75) is 31.7 Å². The highest BCUT2D eigenvalue weighted by molar-refractivity contribution is 6.31. The molecule has 1 aromatic rings. The van der Waals surface area contributed by atoms with E-state index in [0.717, 1.165) is 19.3 Å². The predicted octanol–water partition coefficient (Wildman–Crippen LogP) is 3.97. The van der Waals surface area contributed by atoms with Gasteiger partial charge in [-0.15, -0.1) is 11.6 Å². The molecule has 0 atom stereocenters. The van der Waals surface area contributed by atoms with E-state index in [0.29, 0.717) is 34.8 Å². The molecule has 0 bridgehead atoms. The lowest BCUT2D eigenvalue weighted by molar-refractivity contribution is 0.0577. The van der Waals surface area contributed by atoms with Gasteiger partial charge in [0.1, 0.15) is 5.75 Å². The smallest absolute Gasteiger partial charge is 0.257 e. The van der Waals surface area contributed by atoms with Crippen LogP contribution in [0.1, 0.15) is 36.0 Å². The number of alkyl halides is 1. The van der Waals surface area contributed by atoms with Crippen LogP contribution in [0, 0.1) is 0 Å². The summed E-state index contributed by atoms with van der Waals surface area (Å²) in [5.74, 6) is 1.11. The Morgan fingerprint density at radius 2 is 2.20 bits per heavy atom. The molecule has 2 rings (SSSR count). The molecule has 3 nitrogen and oxygen atoms in total. The second kappa shape index (κ2) is 7.19. The summed E-state index contributed by atoms with van der Waals surface area (Å²) in [6.07, 6.45) is 4.11. The lowest BCUT2D eigenvalue weighted by atomic mass is 9.90. The van der Waals surface area contributed by atoms with Crippen LogP contribution in [0.4, 0.5) is 0 Å². The summed E-state index contributed by atoms with van der Waals surface area (Å²) in [6, 6.07) is 5.46. The predicted molar refractivity (Wildman–Crippen MR) is 82.0 cm³/mol. The van der Waals surface area contributed by atoms with Crippen molar-refractivity contribution in [3.8, 4) is 5.75 Å². The molecule has 1 aliphatic carbocycles. The normalized spacial score (nSPS) is 14.8. The van der Waals surface area contributed by atoms with Gasteiger partial charge in [-0.3, -0.25) is 4.79 Å². The van der Waals surface area contributed by atoms with Crippen LogP contribution in [-0.4, -0.2) is 36.4 Å². The van der Waals surface area contributed by atoms with Crippen molar-refractivity contribution in [2.75, 3.05) is 19.5 Å². The van der Waals surface area contributed by atoms with Gasteiger partial charge in [-0.05, 0) is 43.9 Å². The first-order valence-corrected chi connectivity index (χ1v) is 7.79. The van der Waals surface area contributed by atoms with Crippen LogP contribution in [0.15, 0.2) is 18.2 Å². The van der Waals surface area contributed by atoms with Crippen LogP contribution in [0.25, 0.3) is 0 Å². The number of nitrogens with zero attached hydrogens (tertiary/aromatic N) is 1. The Morgan fingerprint density at radius 1 is 1.45 bits per heavy atom. The van der Waals surface area contributed by atoms with E-state index in [1.54, 1.807) is 25.3 Å². The fourth-order valence-corrected chi connectivity index (χ4v) is 2.67. The first-order chi connectivity index (χ1) is 9.67. The summed E-state index contributed by atoms with van der Waals surface area (Å²) in [4.78, 5) is 14.7. The number of halogens is 2. The minimum Gasteiger partial charge on any atom is -0.496 e. The highest BCUT2D eigenvalue weighted by Crippen LogP contribution is 2.30. The van der Waals surface area contributed by atoms with E-state index in [1.807, 2.05) is 4.90 Å². The van der Waals surface area contributed by atoms with Crippen molar-refractivity contribution in [1.82, 2.24) is 4.90 Å². The second-order valence-electron chi connectivity index (χ2n) is 4.97. The SMILES string of the molecule is COc1ccc(Cl)cc1C(=O)N(CCCCl)C1CCC1. The van der Waals surface area contributed by atoms with Gasteiger partial charge < -0.3 is 9.64 Å². The summed E-state index contributed by atoms with van der Waals surface area (Å²) in [5, 5.41) is 0.542. The summed E-state index contributed by atoms with van der Waals surface area (Å²) >= 11 is 11.8. The number of rotatable bonds is 6. The third-order valence-corrected chi connectivity index (χ3v) is 4.20. The maximum Gasteiger partial charge on any atom is 0.257 e. The molecule has 20 heavy (non-hydrogen) atoms. The number of hydrogen-bond acceptors (Lipinski definition) is 2. The fraction of sp³-hybridized carbons (Fsp3) is 0.533. The van der Waals surface area contributed by atoms with Crippen LogP contribution in [0.3, 0.4) is 0 Å². The van der Waals surface area contributed by atoms with Crippen molar-refractivity contribution >= 4 is 29.1 Å². The lowest BCUT2D eigenvalue weighted by Crippen LogP contribution is -2.45. The van der Waals surface area contributed by atoms with Gasteiger partial charge in [0, 0.05) is 23.5 Å². The molecule has 1 saturated carbocycles. The van der Waals surface area contributed by atoms with Crippen LogP contribution in [0.2, 0.25) is 5.02 Å². The van der Waals surface area contributed by atoms with Gasteiger partial charge in [-0.1, -0.05) is 11.6 Å². The van der Waals surface area contributed by atoms with E-state index in [1.165, 1.54) is 6.42 Å². The van der Waals surface area contributed by atoms with Gasteiger partial charge in [-0.2, -0.15) is 0 Å². The van der Waals surface area contributed by atoms with Crippen molar-refractivity contribution in [3.63, 3.8) is 0 Å². The topological polar surface area (TPSA) is 29.5 Å². The lowest BCUT2D eigenvalue weighted by Gasteiger charge is -2.37. The summed E-state index contributed by atoms with van der Waals surface area (Å²) in [6.45, 7) is 0.683. The van der Waals surface area contributed by atoms with Crippen LogP contribution in [0.5, 0.6) is 5.75 Å². The molecule has 0 heterocycles. The molecule has 1 fully saturated rings. The van der Waals surface area contributed by atoms with Gasteiger partial charge >= 0.3 is 0 Å². The molecule has 0 aliphatic heterocycles. The van der Waals surface area contributed by atoms with E-state index < -0.39 is 0 Å². The van der Waals surface area contributed by atoms with E-state index in [2.05, 4.69) is 0 Å². The van der Waals surface area contributed by atoms with Crippen molar-refractivity contribution in [2.24, 2.45) is 0 Å². The maximum atomic E-state index is 12.8. The molecule has 0 spiro atoms. The number of methoxy groups -OCH3 is 1. The Hall–Kier alpha value is -0.930. The first kappa shape index (κ1) is 15.5. The van der Waals surface area contributed by atoms with Gasteiger partial charge in [0.2, 0.25) is 0 Å². The zero-order chi connectivity index (χ0) is 14.5. The minimum atomic E-state index is -0.0147. The largest absolute Gasteiger partial charge is 0.496 e. The van der Waals surface area contributed by atoms with Crippen molar-refractivity contribution in [1.29, 1.82) is 0 Å². The number of amides is 1. The number of benzene rings is 1. The van der Waals surface area contributed by atoms with Crippen molar-refractivity contribution < 1.29 is 9.53 Å². The molecule has 1 aliphatic rings. The Bertz CT molecular complexity index is 475. The molecule has 0 N–H and O–H groups in total. The third kappa shape index (κ3) is 3.39.